The van der Waals surface area contributed by atoms with Crippen LogP contribution in [0, 0.1) is 13.8 Å². The van der Waals surface area contributed by atoms with Gasteiger partial charge in [-0.25, -0.2) is 9.78 Å². The first-order valence-corrected chi connectivity index (χ1v) is 9.49. The fraction of sp³-hybridized carbons (Fsp3) is 0.318. The van der Waals surface area contributed by atoms with Crippen LogP contribution in [0.1, 0.15) is 47.1 Å². The molecule has 28 heavy (non-hydrogen) atoms. The molecule has 0 fully saturated rings. The molecule has 0 aliphatic rings. The molecular formula is C22H25N3O3. The summed E-state index contributed by atoms with van der Waals surface area (Å²) in [7, 11) is 0. The molecule has 0 atom stereocenters. The molecule has 1 amide bonds. The summed E-state index contributed by atoms with van der Waals surface area (Å²) in [5, 5.41) is 2.86. The minimum Gasteiger partial charge on any atom is -0.462 e. The molecule has 0 spiro atoms. The number of nitrogens with one attached hydrogen (secondary N) is 1. The molecule has 2 aromatic heterocycles. The van der Waals surface area contributed by atoms with E-state index in [-0.39, 0.29) is 18.3 Å². The molecule has 1 aromatic carbocycles. The topological polar surface area (TPSA) is 72.7 Å². The maximum absolute atomic E-state index is 12.6. The number of anilines is 1. The second-order valence-corrected chi connectivity index (χ2v) is 6.82. The predicted octanol–water partition coefficient (Wildman–Crippen LogP) is 4.09. The van der Waals surface area contributed by atoms with E-state index < -0.39 is 0 Å². The van der Waals surface area contributed by atoms with Gasteiger partial charge in [0.2, 0.25) is 5.91 Å². The fourth-order valence-electron chi connectivity index (χ4n) is 3.05. The largest absolute Gasteiger partial charge is 0.462 e. The zero-order valence-electron chi connectivity index (χ0n) is 16.5. The minimum absolute atomic E-state index is 0.164. The van der Waals surface area contributed by atoms with E-state index in [2.05, 4.69) is 10.3 Å². The SMILES string of the molecule is CCCCOC(=O)c1cccc(NC(=O)Cc2c(C)nc3c(C)cccn23)c1. The van der Waals surface area contributed by atoms with E-state index in [0.717, 1.165) is 35.4 Å². The highest BCUT2D eigenvalue weighted by Gasteiger charge is 2.15. The maximum atomic E-state index is 12.6. The number of aryl methyl sites for hydroxylation is 2. The number of esters is 1. The van der Waals surface area contributed by atoms with Crippen LogP contribution in [-0.2, 0) is 16.0 Å². The molecule has 2 heterocycles. The van der Waals surface area contributed by atoms with E-state index in [9.17, 15) is 9.59 Å². The van der Waals surface area contributed by atoms with Crippen LogP contribution in [0.15, 0.2) is 42.6 Å². The Morgan fingerprint density at radius 2 is 2.00 bits per heavy atom. The van der Waals surface area contributed by atoms with E-state index in [1.165, 1.54) is 0 Å². The number of hydrogen-bond donors (Lipinski definition) is 1. The lowest BCUT2D eigenvalue weighted by Crippen LogP contribution is -2.16. The standard InChI is InChI=1S/C22H25N3O3/c1-4-5-12-28-22(27)17-9-6-10-18(13-17)24-20(26)14-19-16(3)23-21-15(2)8-7-11-25(19)21/h6-11,13H,4-5,12,14H2,1-3H3,(H,24,26). The van der Waals surface area contributed by atoms with Gasteiger partial charge in [0.05, 0.1) is 30.0 Å². The lowest BCUT2D eigenvalue weighted by molar-refractivity contribution is -0.115. The molecule has 3 aromatic rings. The highest BCUT2D eigenvalue weighted by Crippen LogP contribution is 2.17. The minimum atomic E-state index is -0.377. The molecule has 1 N–H and O–H groups in total. The van der Waals surface area contributed by atoms with Crippen LogP contribution in [0.25, 0.3) is 5.65 Å². The maximum Gasteiger partial charge on any atom is 0.338 e. The molecule has 0 saturated heterocycles. The Bertz CT molecular complexity index is 1010. The van der Waals surface area contributed by atoms with Gasteiger partial charge in [-0.05, 0) is 50.1 Å². The van der Waals surface area contributed by atoms with Crippen LogP contribution in [0.2, 0.25) is 0 Å². The normalized spacial score (nSPS) is 10.8. The number of ether oxygens (including phenoxy) is 1. The number of imidazole rings is 1. The van der Waals surface area contributed by atoms with Gasteiger partial charge in [0, 0.05) is 11.9 Å². The number of fused-ring (bicyclic) bond motifs is 1. The first-order chi connectivity index (χ1) is 13.5. The number of hydrogen-bond acceptors (Lipinski definition) is 4. The Balaban J connectivity index is 1.71. The molecular weight excluding hydrogens is 354 g/mol. The average molecular weight is 379 g/mol. The summed E-state index contributed by atoms with van der Waals surface area (Å²) in [6.45, 7) is 6.34. The summed E-state index contributed by atoms with van der Waals surface area (Å²) in [5.74, 6) is -0.541. The van der Waals surface area contributed by atoms with Gasteiger partial charge in [-0.1, -0.05) is 25.5 Å². The quantitative estimate of drug-likeness (QED) is 0.496. The number of nitrogens with zero attached hydrogens (tertiary/aromatic N) is 2. The monoisotopic (exact) mass is 379 g/mol. The van der Waals surface area contributed by atoms with Crippen LogP contribution in [-0.4, -0.2) is 27.9 Å². The smallest absolute Gasteiger partial charge is 0.338 e. The lowest BCUT2D eigenvalue weighted by Gasteiger charge is -2.08. The first kappa shape index (κ1) is 19.6. The number of rotatable bonds is 7. The van der Waals surface area contributed by atoms with Gasteiger partial charge in [0.1, 0.15) is 5.65 Å². The third-order valence-electron chi connectivity index (χ3n) is 4.59. The number of amides is 1. The van der Waals surface area contributed by atoms with Gasteiger partial charge >= 0.3 is 5.97 Å². The van der Waals surface area contributed by atoms with Crippen LogP contribution in [0.4, 0.5) is 5.69 Å². The van der Waals surface area contributed by atoms with Crippen LogP contribution in [0.3, 0.4) is 0 Å². The molecule has 0 saturated carbocycles. The summed E-state index contributed by atoms with van der Waals surface area (Å²) < 4.78 is 7.18. The summed E-state index contributed by atoms with van der Waals surface area (Å²) in [6.07, 6.45) is 3.91. The molecule has 0 aliphatic carbocycles. The summed E-state index contributed by atoms with van der Waals surface area (Å²) >= 11 is 0. The van der Waals surface area contributed by atoms with E-state index >= 15 is 0 Å². The molecule has 0 radical (unpaired) electrons. The van der Waals surface area contributed by atoms with Crippen molar-refractivity contribution >= 4 is 23.2 Å². The van der Waals surface area contributed by atoms with E-state index in [0.29, 0.717) is 17.9 Å². The second-order valence-electron chi connectivity index (χ2n) is 6.82. The summed E-state index contributed by atoms with van der Waals surface area (Å²) in [4.78, 5) is 29.2. The lowest BCUT2D eigenvalue weighted by atomic mass is 10.2. The van der Waals surface area contributed by atoms with Crippen molar-refractivity contribution < 1.29 is 14.3 Å². The Kier molecular flexibility index (Phi) is 6.09. The van der Waals surface area contributed by atoms with Crippen molar-refractivity contribution in [3.05, 3.63) is 65.1 Å². The molecule has 0 bridgehead atoms. The highest BCUT2D eigenvalue weighted by atomic mass is 16.5. The Morgan fingerprint density at radius 1 is 1.18 bits per heavy atom. The molecule has 6 heteroatoms. The molecule has 6 nitrogen and oxygen atoms in total. The zero-order chi connectivity index (χ0) is 20.1. The van der Waals surface area contributed by atoms with Gasteiger partial charge in [0.25, 0.3) is 0 Å². The fourth-order valence-corrected chi connectivity index (χ4v) is 3.05. The number of benzene rings is 1. The zero-order valence-corrected chi connectivity index (χ0v) is 16.5. The van der Waals surface area contributed by atoms with Crippen molar-refractivity contribution in [3.63, 3.8) is 0 Å². The number of pyridine rings is 1. The number of aromatic nitrogens is 2. The van der Waals surface area contributed by atoms with Crippen molar-refractivity contribution in [2.24, 2.45) is 0 Å². The molecule has 3 rings (SSSR count). The van der Waals surface area contributed by atoms with Crippen molar-refractivity contribution in [2.45, 2.75) is 40.0 Å². The Hall–Kier alpha value is -3.15. The summed E-state index contributed by atoms with van der Waals surface area (Å²) in [5.41, 5.74) is 4.60. The van der Waals surface area contributed by atoms with E-state index in [1.807, 2.05) is 43.5 Å². The Morgan fingerprint density at radius 3 is 2.79 bits per heavy atom. The molecule has 0 aliphatic heterocycles. The highest BCUT2D eigenvalue weighted by molar-refractivity contribution is 5.95. The van der Waals surface area contributed by atoms with Crippen LogP contribution < -0.4 is 5.32 Å². The Labute approximate surface area is 164 Å². The predicted molar refractivity (Wildman–Crippen MR) is 109 cm³/mol. The van der Waals surface area contributed by atoms with Gasteiger partial charge in [-0.15, -0.1) is 0 Å². The molecule has 0 unspecified atom stereocenters. The van der Waals surface area contributed by atoms with Gasteiger partial charge < -0.3 is 14.5 Å². The number of carbonyl (C=O) groups is 2. The third-order valence-corrected chi connectivity index (χ3v) is 4.59. The molecule has 146 valence electrons. The van der Waals surface area contributed by atoms with Crippen LogP contribution in [0.5, 0.6) is 0 Å². The summed E-state index contributed by atoms with van der Waals surface area (Å²) in [6, 6.07) is 10.7. The second kappa shape index (κ2) is 8.69. The van der Waals surface area contributed by atoms with Crippen molar-refractivity contribution in [1.29, 1.82) is 0 Å². The van der Waals surface area contributed by atoms with Crippen LogP contribution >= 0.6 is 0 Å². The van der Waals surface area contributed by atoms with E-state index in [1.54, 1.807) is 24.3 Å². The van der Waals surface area contributed by atoms with Crippen molar-refractivity contribution in [2.75, 3.05) is 11.9 Å². The van der Waals surface area contributed by atoms with Crippen molar-refractivity contribution in [3.8, 4) is 0 Å². The average Bonchev–Trinajstić information content (AvgIpc) is 2.99. The van der Waals surface area contributed by atoms with Gasteiger partial charge in [-0.3, -0.25) is 4.79 Å². The number of unbranched alkanes of at least 4 members (excludes halogenated alkanes) is 1. The first-order valence-electron chi connectivity index (χ1n) is 9.49. The van der Waals surface area contributed by atoms with E-state index in [4.69, 9.17) is 4.74 Å². The van der Waals surface area contributed by atoms with Crippen molar-refractivity contribution in [1.82, 2.24) is 9.38 Å². The van der Waals surface area contributed by atoms with Gasteiger partial charge in [-0.2, -0.15) is 0 Å². The van der Waals surface area contributed by atoms with Gasteiger partial charge in [0.15, 0.2) is 0 Å². The third kappa shape index (κ3) is 4.39. The number of carbonyl (C=O) groups excluding carboxylic acids is 2.